The van der Waals surface area contributed by atoms with Crippen LogP contribution < -0.4 is 21.3 Å². The number of aromatic nitrogens is 4. The van der Waals surface area contributed by atoms with Crippen LogP contribution in [0.25, 0.3) is 11.2 Å². The van der Waals surface area contributed by atoms with Crippen LogP contribution in [0.15, 0.2) is 36.7 Å². The summed E-state index contributed by atoms with van der Waals surface area (Å²) in [6, 6.07) is 9.12. The van der Waals surface area contributed by atoms with Gasteiger partial charge in [0.1, 0.15) is 6.10 Å². The van der Waals surface area contributed by atoms with E-state index in [9.17, 15) is 4.57 Å². The molecular weight excluding hydrogens is 437 g/mol. The van der Waals surface area contributed by atoms with Crippen molar-refractivity contribution in [2.24, 2.45) is 5.73 Å². The van der Waals surface area contributed by atoms with E-state index < -0.39 is 26.1 Å². The molecule has 0 saturated carbocycles. The monoisotopic (exact) mass is 463 g/mol. The fraction of sp³-hybridized carbons (Fsp3) is 0.421. The summed E-state index contributed by atoms with van der Waals surface area (Å²) in [5.41, 5.74) is 13.8. The highest BCUT2D eigenvalue weighted by Crippen LogP contribution is 2.47. The molecule has 0 spiro atoms. The Labute approximate surface area is 184 Å². The summed E-state index contributed by atoms with van der Waals surface area (Å²) in [6.45, 7) is 2.27. The number of nitrogens with zero attached hydrogens (tertiary/aromatic N) is 4. The van der Waals surface area contributed by atoms with Crippen molar-refractivity contribution in [3.8, 4) is 5.88 Å². The Morgan fingerprint density at radius 2 is 2.00 bits per heavy atom. The molecule has 0 radical (unpaired) electrons. The lowest BCUT2D eigenvalue weighted by Gasteiger charge is -2.33. The van der Waals surface area contributed by atoms with Crippen LogP contribution in [0.3, 0.4) is 0 Å². The first-order chi connectivity index (χ1) is 15.4. The Kier molecular flexibility index (Phi) is 6.70. The molecule has 12 nitrogen and oxygen atoms in total. The van der Waals surface area contributed by atoms with Gasteiger partial charge in [-0.25, -0.2) is 14.6 Å². The minimum absolute atomic E-state index is 0.0364. The Balaban J connectivity index is 1.43. The summed E-state index contributed by atoms with van der Waals surface area (Å²) in [4.78, 5) is 12.6. The first-order valence-electron chi connectivity index (χ1n) is 10.0. The van der Waals surface area contributed by atoms with Crippen molar-refractivity contribution in [2.45, 2.75) is 31.8 Å². The number of benzene rings is 1. The highest BCUT2D eigenvalue weighted by atomic mass is 31.2. The standard InChI is InChI=1S/C19H26N7O5P/c1-12(20)18(26-11-22-15-16(26)24-19(21)25-17(15)28-2)31-14-9-29-32(27,30-10-14)23-8-13-6-4-3-5-7-13/h3-7,11-12,14,18H,8-10,20H2,1-2H3,(H,23,27)(H2,21,24,25). The van der Waals surface area contributed by atoms with Crippen molar-refractivity contribution >= 4 is 24.9 Å². The van der Waals surface area contributed by atoms with Gasteiger partial charge in [-0.2, -0.15) is 9.97 Å². The van der Waals surface area contributed by atoms with Crippen LogP contribution in [0.1, 0.15) is 18.7 Å². The molecule has 1 saturated heterocycles. The molecule has 0 aliphatic carbocycles. The van der Waals surface area contributed by atoms with Crippen LogP contribution in [0.2, 0.25) is 0 Å². The number of methoxy groups -OCH3 is 1. The number of hydrogen-bond donors (Lipinski definition) is 3. The summed E-state index contributed by atoms with van der Waals surface area (Å²) in [6.07, 6.45) is 0.364. The summed E-state index contributed by atoms with van der Waals surface area (Å²) in [7, 11) is -1.96. The fourth-order valence-electron chi connectivity index (χ4n) is 3.28. The van der Waals surface area contributed by atoms with E-state index in [0.717, 1.165) is 5.56 Å². The predicted molar refractivity (Wildman–Crippen MR) is 117 cm³/mol. The SMILES string of the molecule is COc1nc(N)nc2c1ncn2C(OC1COP(=O)(NCc2ccccc2)OC1)C(C)N. The Hall–Kier alpha value is -2.60. The average molecular weight is 463 g/mol. The van der Waals surface area contributed by atoms with Gasteiger partial charge in [-0.1, -0.05) is 30.3 Å². The molecule has 2 aromatic heterocycles. The molecule has 1 aromatic carbocycles. The molecule has 3 heterocycles. The third kappa shape index (κ3) is 4.90. The van der Waals surface area contributed by atoms with Crippen molar-refractivity contribution in [3.05, 3.63) is 42.2 Å². The lowest BCUT2D eigenvalue weighted by Crippen LogP contribution is -2.39. The number of fused-ring (bicyclic) bond motifs is 1. The van der Waals surface area contributed by atoms with Crippen LogP contribution in [0.4, 0.5) is 5.95 Å². The number of anilines is 1. The molecule has 13 heteroatoms. The second-order valence-electron chi connectivity index (χ2n) is 7.33. The molecule has 2 unspecified atom stereocenters. The molecule has 1 fully saturated rings. The van der Waals surface area contributed by atoms with E-state index in [1.807, 2.05) is 30.3 Å². The maximum absolute atomic E-state index is 12.8. The number of rotatable bonds is 8. The highest BCUT2D eigenvalue weighted by molar-refractivity contribution is 7.51. The third-order valence-electron chi connectivity index (χ3n) is 4.84. The second-order valence-corrected chi connectivity index (χ2v) is 9.16. The van der Waals surface area contributed by atoms with Crippen molar-refractivity contribution in [3.63, 3.8) is 0 Å². The quantitative estimate of drug-likeness (QED) is 0.416. The fourth-order valence-corrected chi connectivity index (χ4v) is 4.64. The molecule has 4 rings (SSSR count). The minimum Gasteiger partial charge on any atom is -0.479 e. The van der Waals surface area contributed by atoms with Crippen LogP contribution in [-0.4, -0.2) is 52.0 Å². The smallest absolute Gasteiger partial charge is 0.406 e. The topological polar surface area (TPSA) is 162 Å². The largest absolute Gasteiger partial charge is 0.479 e. The summed E-state index contributed by atoms with van der Waals surface area (Å²) < 4.78 is 36.8. The van der Waals surface area contributed by atoms with Gasteiger partial charge in [0.25, 0.3) is 0 Å². The number of nitrogen functional groups attached to an aromatic ring is 1. The van der Waals surface area contributed by atoms with Gasteiger partial charge >= 0.3 is 7.75 Å². The van der Waals surface area contributed by atoms with Crippen LogP contribution >= 0.6 is 7.75 Å². The van der Waals surface area contributed by atoms with Gasteiger partial charge in [0.15, 0.2) is 17.4 Å². The van der Waals surface area contributed by atoms with Crippen molar-refractivity contribution in [1.29, 1.82) is 0 Å². The Bertz CT molecular complexity index is 1100. The highest BCUT2D eigenvalue weighted by Gasteiger charge is 2.35. The van der Waals surface area contributed by atoms with Crippen LogP contribution in [-0.2, 0) is 24.9 Å². The Morgan fingerprint density at radius 3 is 2.66 bits per heavy atom. The van der Waals surface area contributed by atoms with Gasteiger partial charge in [-0.15, -0.1) is 0 Å². The molecule has 0 amide bonds. The third-order valence-corrected chi connectivity index (χ3v) is 6.36. The van der Waals surface area contributed by atoms with Gasteiger partial charge in [-0.3, -0.25) is 13.6 Å². The van der Waals surface area contributed by atoms with Gasteiger partial charge in [-0.05, 0) is 12.5 Å². The van der Waals surface area contributed by atoms with Crippen LogP contribution in [0.5, 0.6) is 5.88 Å². The normalized spacial score (nSPS) is 23.2. The summed E-state index contributed by atoms with van der Waals surface area (Å²) in [5, 5.41) is 2.85. The Morgan fingerprint density at radius 1 is 1.28 bits per heavy atom. The molecule has 172 valence electrons. The average Bonchev–Trinajstić information content (AvgIpc) is 3.21. The van der Waals surface area contributed by atoms with E-state index in [-0.39, 0.29) is 25.0 Å². The molecule has 0 bridgehead atoms. The predicted octanol–water partition coefficient (Wildman–Crippen LogP) is 1.59. The van der Waals surface area contributed by atoms with E-state index in [1.165, 1.54) is 13.4 Å². The maximum Gasteiger partial charge on any atom is 0.406 e. The van der Waals surface area contributed by atoms with Gasteiger partial charge in [0, 0.05) is 12.6 Å². The van der Waals surface area contributed by atoms with Crippen LogP contribution in [0, 0.1) is 0 Å². The van der Waals surface area contributed by atoms with Crippen molar-refractivity contribution in [1.82, 2.24) is 24.6 Å². The van der Waals surface area contributed by atoms with E-state index in [2.05, 4.69) is 20.0 Å². The number of ether oxygens (including phenoxy) is 2. The number of imidazole rings is 1. The molecule has 1 aliphatic heterocycles. The maximum atomic E-state index is 12.8. The lowest BCUT2D eigenvalue weighted by molar-refractivity contribution is -0.110. The van der Waals surface area contributed by atoms with Gasteiger partial charge in [0.2, 0.25) is 11.8 Å². The molecular formula is C19H26N7O5P. The molecule has 2 atom stereocenters. The number of hydrogen-bond acceptors (Lipinski definition) is 10. The van der Waals surface area contributed by atoms with E-state index in [0.29, 0.717) is 17.7 Å². The molecule has 32 heavy (non-hydrogen) atoms. The number of nitrogens with two attached hydrogens (primary N) is 2. The van der Waals surface area contributed by atoms with E-state index in [1.54, 1.807) is 11.5 Å². The first kappa shape index (κ1) is 22.6. The summed E-state index contributed by atoms with van der Waals surface area (Å²) >= 11 is 0. The molecule has 1 aliphatic rings. The van der Waals surface area contributed by atoms with Gasteiger partial charge in [0.05, 0.1) is 26.7 Å². The lowest BCUT2D eigenvalue weighted by atomic mass is 10.2. The molecule has 3 aromatic rings. The van der Waals surface area contributed by atoms with E-state index in [4.69, 9.17) is 30.0 Å². The van der Waals surface area contributed by atoms with Crippen molar-refractivity contribution < 1.29 is 23.1 Å². The van der Waals surface area contributed by atoms with E-state index >= 15 is 0 Å². The zero-order chi connectivity index (χ0) is 22.7. The second kappa shape index (κ2) is 9.49. The minimum atomic E-state index is -3.43. The number of nitrogens with one attached hydrogen (secondary N) is 1. The zero-order valence-corrected chi connectivity index (χ0v) is 18.6. The molecule has 5 N–H and O–H groups in total. The first-order valence-corrected chi connectivity index (χ1v) is 11.6. The van der Waals surface area contributed by atoms with Gasteiger partial charge < -0.3 is 20.9 Å². The summed E-state index contributed by atoms with van der Waals surface area (Å²) in [5.74, 6) is 0.290. The van der Waals surface area contributed by atoms with Crippen molar-refractivity contribution in [2.75, 3.05) is 26.1 Å². The zero-order valence-electron chi connectivity index (χ0n) is 17.7.